The highest BCUT2D eigenvalue weighted by Crippen LogP contribution is 2.44. The number of rotatable bonds is 5. The van der Waals surface area contributed by atoms with Crippen LogP contribution in [0.25, 0.3) is 22.4 Å². The Labute approximate surface area is 404 Å². The van der Waals surface area contributed by atoms with Crippen molar-refractivity contribution in [2.45, 2.75) is 88.0 Å². The van der Waals surface area contributed by atoms with Crippen molar-refractivity contribution < 1.29 is 0 Å². The van der Waals surface area contributed by atoms with Crippen molar-refractivity contribution in [1.29, 1.82) is 0 Å². The molecule has 3 aliphatic carbocycles. The SMILES string of the molecule is C=C(C)C.C=C(N=C(C)c1ccccc1)c1ccccc1.CC1=CC=C/C(=C2/C(=C(C)C3=CCCC=C3)Cc3ccc(C)cc32)C1.Cc1ccccc1.Cc1ccccc1-c1ccccc1C. The number of fused-ring (bicyclic) bond motifs is 1. The molecular weight excluding hydrogens is 807 g/mol. The third-order valence-electron chi connectivity index (χ3n) is 11.7. The van der Waals surface area contributed by atoms with E-state index in [9.17, 15) is 0 Å². The van der Waals surface area contributed by atoms with Crippen LogP contribution in [-0.2, 0) is 6.42 Å². The Balaban J connectivity index is 0.000000174. The molecule has 1 heteroatoms. The second-order valence-corrected chi connectivity index (χ2v) is 17.9. The summed E-state index contributed by atoms with van der Waals surface area (Å²) in [6, 6.07) is 54.4. The lowest BCUT2D eigenvalue weighted by molar-refractivity contribution is 1.01. The second-order valence-electron chi connectivity index (χ2n) is 17.9. The van der Waals surface area contributed by atoms with E-state index in [1.54, 1.807) is 0 Å². The summed E-state index contributed by atoms with van der Waals surface area (Å²) < 4.78 is 0. The van der Waals surface area contributed by atoms with Gasteiger partial charge in [0.05, 0.1) is 5.70 Å². The van der Waals surface area contributed by atoms with Crippen LogP contribution in [0.2, 0.25) is 0 Å². The molecule has 1 nitrogen and oxygen atoms in total. The van der Waals surface area contributed by atoms with E-state index in [1.807, 2.05) is 87.5 Å². The van der Waals surface area contributed by atoms with Gasteiger partial charge in [0.1, 0.15) is 0 Å². The summed E-state index contributed by atoms with van der Waals surface area (Å²) in [6.07, 6.45) is 18.2. The second kappa shape index (κ2) is 26.2. The molecule has 6 aromatic rings. The van der Waals surface area contributed by atoms with E-state index in [-0.39, 0.29) is 0 Å². The Morgan fingerprint density at radius 3 is 1.57 bits per heavy atom. The van der Waals surface area contributed by atoms with Gasteiger partial charge in [-0.2, -0.15) is 0 Å². The number of aryl methyl sites for hydroxylation is 4. The van der Waals surface area contributed by atoms with Gasteiger partial charge in [0.2, 0.25) is 0 Å². The van der Waals surface area contributed by atoms with Crippen LogP contribution in [0.5, 0.6) is 0 Å². The zero-order valence-electron chi connectivity index (χ0n) is 41.7. The molecule has 0 radical (unpaired) electrons. The molecule has 0 aliphatic heterocycles. The van der Waals surface area contributed by atoms with Crippen LogP contribution in [0.4, 0.5) is 0 Å². The van der Waals surface area contributed by atoms with Gasteiger partial charge in [-0.15, -0.1) is 6.58 Å². The number of allylic oxidation sites excluding steroid dienone is 13. The van der Waals surface area contributed by atoms with Crippen LogP contribution in [-0.4, -0.2) is 5.71 Å². The zero-order valence-corrected chi connectivity index (χ0v) is 41.7. The predicted molar refractivity (Wildman–Crippen MR) is 296 cm³/mol. The fourth-order valence-electron chi connectivity index (χ4n) is 8.12. The monoisotopic (exact) mass is 878 g/mol. The molecule has 0 bridgehead atoms. The van der Waals surface area contributed by atoms with E-state index in [0.717, 1.165) is 41.8 Å². The molecule has 0 saturated heterocycles. The predicted octanol–water partition coefficient (Wildman–Crippen LogP) is 18.5. The molecular formula is C66H71N. The first kappa shape index (κ1) is 50.9. The van der Waals surface area contributed by atoms with Gasteiger partial charge in [-0.05, 0) is 160 Å². The lowest BCUT2D eigenvalue weighted by atomic mass is 9.87. The quantitative estimate of drug-likeness (QED) is 0.121. The van der Waals surface area contributed by atoms with Crippen molar-refractivity contribution in [2.75, 3.05) is 0 Å². The maximum atomic E-state index is 4.54. The Hall–Kier alpha value is -7.09. The average Bonchev–Trinajstić information content (AvgIpc) is 3.72. The largest absolute Gasteiger partial charge is 0.253 e. The van der Waals surface area contributed by atoms with Crippen LogP contribution >= 0.6 is 0 Å². The molecule has 9 rings (SSSR count). The van der Waals surface area contributed by atoms with Gasteiger partial charge < -0.3 is 0 Å². The summed E-state index contributed by atoms with van der Waals surface area (Å²) in [4.78, 5) is 4.54. The molecule has 6 aromatic carbocycles. The first-order valence-electron chi connectivity index (χ1n) is 23.7. The first-order chi connectivity index (χ1) is 32.3. The van der Waals surface area contributed by atoms with Gasteiger partial charge in [0.15, 0.2) is 0 Å². The number of aliphatic imine (C=N–C) groups is 1. The van der Waals surface area contributed by atoms with Gasteiger partial charge in [-0.3, -0.25) is 4.99 Å². The van der Waals surface area contributed by atoms with Crippen molar-refractivity contribution in [3.8, 4) is 11.1 Å². The summed E-state index contributed by atoms with van der Waals surface area (Å²) >= 11 is 0. The molecule has 0 aromatic heterocycles. The number of hydrogen-bond acceptors (Lipinski definition) is 1. The molecule has 340 valence electrons. The Morgan fingerprint density at radius 2 is 1.06 bits per heavy atom. The third-order valence-corrected chi connectivity index (χ3v) is 11.7. The highest BCUT2D eigenvalue weighted by atomic mass is 14.7. The fraction of sp³-hybridized carbons (Fsp3) is 0.197. The fourth-order valence-corrected chi connectivity index (χ4v) is 8.12. The van der Waals surface area contributed by atoms with Crippen molar-refractivity contribution in [3.05, 3.63) is 285 Å². The highest BCUT2D eigenvalue weighted by Gasteiger charge is 2.26. The average molecular weight is 878 g/mol. The summed E-state index contributed by atoms with van der Waals surface area (Å²) in [5.74, 6) is 0. The van der Waals surface area contributed by atoms with E-state index in [4.69, 9.17) is 0 Å². The normalized spacial score (nSPS) is 15.3. The number of nitrogens with zero attached hydrogens (tertiary/aromatic N) is 1. The van der Waals surface area contributed by atoms with E-state index in [0.29, 0.717) is 0 Å². The Bertz CT molecular complexity index is 2770. The van der Waals surface area contributed by atoms with Crippen molar-refractivity contribution in [3.63, 3.8) is 0 Å². The molecule has 67 heavy (non-hydrogen) atoms. The molecule has 0 atom stereocenters. The maximum absolute atomic E-state index is 4.54. The van der Waals surface area contributed by atoms with Gasteiger partial charge in [-0.1, -0.05) is 223 Å². The minimum atomic E-state index is 0.798. The summed E-state index contributed by atoms with van der Waals surface area (Å²) in [7, 11) is 0. The van der Waals surface area contributed by atoms with Crippen LogP contribution < -0.4 is 0 Å². The van der Waals surface area contributed by atoms with Crippen molar-refractivity contribution in [1.82, 2.24) is 0 Å². The molecule has 0 amide bonds. The van der Waals surface area contributed by atoms with Crippen LogP contribution in [0.1, 0.15) is 98.4 Å². The molecule has 0 unspecified atom stereocenters. The third kappa shape index (κ3) is 15.8. The van der Waals surface area contributed by atoms with E-state index in [2.05, 4.69) is 187 Å². The van der Waals surface area contributed by atoms with E-state index >= 15 is 0 Å². The van der Waals surface area contributed by atoms with Gasteiger partial charge in [0, 0.05) is 5.71 Å². The summed E-state index contributed by atoms with van der Waals surface area (Å²) in [5, 5.41) is 0. The minimum Gasteiger partial charge on any atom is -0.253 e. The molecule has 3 aliphatic rings. The van der Waals surface area contributed by atoms with Crippen molar-refractivity contribution in [2.24, 2.45) is 4.99 Å². The Kier molecular flexibility index (Phi) is 19.9. The minimum absolute atomic E-state index is 0.798. The van der Waals surface area contributed by atoms with Gasteiger partial charge >= 0.3 is 0 Å². The highest BCUT2D eigenvalue weighted by molar-refractivity contribution is 6.01. The van der Waals surface area contributed by atoms with Crippen LogP contribution in [0, 0.1) is 27.7 Å². The summed E-state index contributed by atoms with van der Waals surface area (Å²) in [6.45, 7) is 26.6. The Morgan fingerprint density at radius 1 is 0.522 bits per heavy atom. The van der Waals surface area contributed by atoms with Crippen LogP contribution in [0.15, 0.2) is 246 Å². The topological polar surface area (TPSA) is 12.4 Å². The standard InChI is InChI=1S/C25H26.C16H15N.C14H14.C7H8.C4H8/c1-17-8-7-11-22(14-17)25-23(19(3)20-9-5-4-6-10-20)16-21-13-12-18(2)15-24(21)25;1-13(15-9-5-3-6-10-15)17-14(2)16-11-7-4-8-12-16;1-11-7-3-5-9-13(11)14-10-6-4-8-12(14)2;1-7-5-3-2-4-6-7;1-4(2)3/h5,7-13,15H,4,6,14,16H2,1-3H3;3-12H,1H2,2H3;3-10H,1-2H3;2-6H,1H3;1H2,2-3H3/b23-19?,25-22+;;;;. The van der Waals surface area contributed by atoms with Crippen LogP contribution in [0.3, 0.4) is 0 Å². The molecule has 0 fully saturated rings. The molecule has 0 spiro atoms. The van der Waals surface area contributed by atoms with Crippen molar-refractivity contribution >= 4 is 17.0 Å². The lowest BCUT2D eigenvalue weighted by Gasteiger charge is -2.17. The maximum Gasteiger partial charge on any atom is 0.0633 e. The molecule has 0 N–H and O–H groups in total. The number of benzene rings is 6. The van der Waals surface area contributed by atoms with E-state index in [1.165, 1.54) is 89.9 Å². The first-order valence-corrected chi connectivity index (χ1v) is 23.7. The molecule has 0 saturated carbocycles. The summed E-state index contributed by atoms with van der Waals surface area (Å²) in [5.41, 5.74) is 24.9. The zero-order chi connectivity index (χ0) is 48.1. The van der Waals surface area contributed by atoms with Gasteiger partial charge in [0.25, 0.3) is 0 Å². The van der Waals surface area contributed by atoms with E-state index < -0.39 is 0 Å². The smallest absolute Gasteiger partial charge is 0.0633 e. The molecule has 0 heterocycles. The lowest BCUT2D eigenvalue weighted by Crippen LogP contribution is -1.98. The number of hydrogen-bond donors (Lipinski definition) is 0. The van der Waals surface area contributed by atoms with Gasteiger partial charge in [-0.25, -0.2) is 0 Å².